The Morgan fingerprint density at radius 3 is 2.02 bits per heavy atom. The molecule has 1 atom stereocenters. The largest absolute Gasteiger partial charge is 0.325 e. The maximum absolute atomic E-state index is 13.6. The van der Waals surface area contributed by atoms with Crippen LogP contribution in [-0.2, 0) is 9.59 Å². The van der Waals surface area contributed by atoms with E-state index < -0.39 is 17.1 Å². The Hall–Kier alpha value is -4.53. The topological polar surface area (TPSA) is 87.3 Å². The van der Waals surface area contributed by atoms with E-state index in [1.54, 1.807) is 91.0 Å². The van der Waals surface area contributed by atoms with Gasteiger partial charge < -0.3 is 16.0 Å². The molecule has 0 saturated carbocycles. The molecule has 0 aliphatic rings. The zero-order valence-electron chi connectivity index (χ0n) is 24.0. The fraction of sp³-hybridized carbons (Fsp3) is 0.0278. The van der Waals surface area contributed by atoms with Crippen LogP contribution in [0.3, 0.4) is 0 Å². The van der Waals surface area contributed by atoms with Crippen LogP contribution >= 0.6 is 46.6 Å². The van der Waals surface area contributed by atoms with Gasteiger partial charge in [0.2, 0.25) is 5.91 Å². The molecule has 3 amide bonds. The van der Waals surface area contributed by atoms with Gasteiger partial charge in [0.05, 0.1) is 10.0 Å². The van der Waals surface area contributed by atoms with E-state index in [4.69, 9.17) is 34.8 Å². The van der Waals surface area contributed by atoms with Crippen molar-refractivity contribution in [1.82, 2.24) is 5.32 Å². The van der Waals surface area contributed by atoms with E-state index in [2.05, 4.69) is 16.0 Å². The molecular formula is C36H26Cl3N3O3S. The van der Waals surface area contributed by atoms with Crippen LogP contribution in [0.1, 0.15) is 26.7 Å². The van der Waals surface area contributed by atoms with Crippen molar-refractivity contribution in [2.75, 3.05) is 10.6 Å². The van der Waals surface area contributed by atoms with Crippen molar-refractivity contribution in [3.05, 3.63) is 165 Å². The molecule has 10 heteroatoms. The third-order valence-electron chi connectivity index (χ3n) is 6.61. The molecular weight excluding hydrogens is 661 g/mol. The van der Waals surface area contributed by atoms with E-state index >= 15 is 0 Å². The van der Waals surface area contributed by atoms with E-state index in [1.165, 1.54) is 17.8 Å². The number of carbonyl (C=O) groups excluding carboxylic acids is 3. The summed E-state index contributed by atoms with van der Waals surface area (Å²) in [4.78, 5) is 40.9. The quantitative estimate of drug-likeness (QED) is 0.101. The highest BCUT2D eigenvalue weighted by molar-refractivity contribution is 8.00. The van der Waals surface area contributed by atoms with E-state index in [0.717, 1.165) is 10.5 Å². The number of nitrogens with one attached hydrogen (secondary N) is 3. The zero-order chi connectivity index (χ0) is 32.5. The Bertz CT molecular complexity index is 1900. The average molecular weight is 687 g/mol. The second kappa shape index (κ2) is 15.7. The summed E-state index contributed by atoms with van der Waals surface area (Å²) in [5, 5.41) is 9.00. The summed E-state index contributed by atoms with van der Waals surface area (Å²) >= 11 is 19.9. The molecule has 5 aromatic carbocycles. The first-order valence-corrected chi connectivity index (χ1v) is 16.0. The van der Waals surface area contributed by atoms with Crippen LogP contribution in [0.25, 0.3) is 6.08 Å². The predicted octanol–water partition coefficient (Wildman–Crippen LogP) is 9.53. The van der Waals surface area contributed by atoms with Gasteiger partial charge in [-0.15, -0.1) is 11.8 Å². The third-order valence-corrected chi connectivity index (χ3v) is 8.94. The number of hydrogen-bond donors (Lipinski definition) is 3. The van der Waals surface area contributed by atoms with Gasteiger partial charge in [0.1, 0.15) is 10.9 Å². The van der Waals surface area contributed by atoms with Crippen molar-refractivity contribution in [3.63, 3.8) is 0 Å². The van der Waals surface area contributed by atoms with Gasteiger partial charge >= 0.3 is 0 Å². The monoisotopic (exact) mass is 685 g/mol. The number of carbonyl (C=O) groups is 3. The Morgan fingerprint density at radius 2 is 1.30 bits per heavy atom. The van der Waals surface area contributed by atoms with Crippen LogP contribution in [0.2, 0.25) is 15.1 Å². The standard InChI is InChI=1S/C36H26Cl3N3O3S/c37-29-17-8-7-14-25(29)20-32(42-34(43)24-12-5-2-6-13-24)35(44)40-26-15-9-16-28(21-26)46-33(23-10-3-1-4-11-23)36(45)41-27-18-19-30(38)31(39)22-27/h1-22,33H,(H,40,44)(H,41,45)(H,42,43)/b32-20+. The number of anilines is 2. The van der Waals surface area contributed by atoms with Crippen LogP contribution in [0.5, 0.6) is 0 Å². The number of rotatable bonds is 10. The summed E-state index contributed by atoms with van der Waals surface area (Å²) in [6.07, 6.45) is 1.52. The summed E-state index contributed by atoms with van der Waals surface area (Å²) in [5.41, 5.74) is 2.72. The van der Waals surface area contributed by atoms with E-state index in [9.17, 15) is 14.4 Å². The minimum atomic E-state index is -0.637. The Labute approximate surface area is 285 Å². The van der Waals surface area contributed by atoms with Crippen molar-refractivity contribution in [1.29, 1.82) is 0 Å². The maximum atomic E-state index is 13.6. The highest BCUT2D eigenvalue weighted by atomic mass is 35.5. The predicted molar refractivity (Wildman–Crippen MR) is 189 cm³/mol. The molecule has 46 heavy (non-hydrogen) atoms. The Balaban J connectivity index is 1.38. The third kappa shape index (κ3) is 8.80. The summed E-state index contributed by atoms with van der Waals surface area (Å²) in [5.74, 6) is -1.27. The van der Waals surface area contributed by atoms with Crippen LogP contribution in [0, 0.1) is 0 Å². The number of amides is 3. The van der Waals surface area contributed by atoms with Crippen LogP contribution in [-0.4, -0.2) is 17.7 Å². The molecule has 1 unspecified atom stereocenters. The van der Waals surface area contributed by atoms with Crippen molar-refractivity contribution in [2.45, 2.75) is 10.1 Å². The molecule has 3 N–H and O–H groups in total. The lowest BCUT2D eigenvalue weighted by Crippen LogP contribution is -2.30. The molecule has 6 nitrogen and oxygen atoms in total. The van der Waals surface area contributed by atoms with Crippen LogP contribution in [0.15, 0.2) is 138 Å². The number of benzene rings is 5. The molecule has 0 saturated heterocycles. The van der Waals surface area contributed by atoms with Gasteiger partial charge in [0.15, 0.2) is 0 Å². The highest BCUT2D eigenvalue weighted by Crippen LogP contribution is 2.37. The molecule has 0 aromatic heterocycles. The average Bonchev–Trinajstić information content (AvgIpc) is 3.07. The molecule has 5 rings (SSSR count). The van der Waals surface area contributed by atoms with Gasteiger partial charge in [-0.05, 0) is 71.8 Å². The Morgan fingerprint density at radius 1 is 0.630 bits per heavy atom. The molecule has 0 radical (unpaired) electrons. The van der Waals surface area contributed by atoms with E-state index in [0.29, 0.717) is 37.6 Å². The summed E-state index contributed by atoms with van der Waals surface area (Å²) in [7, 11) is 0. The molecule has 0 bridgehead atoms. The molecule has 5 aromatic rings. The minimum Gasteiger partial charge on any atom is -0.325 e. The lowest BCUT2D eigenvalue weighted by atomic mass is 10.1. The Kier molecular flexibility index (Phi) is 11.2. The zero-order valence-corrected chi connectivity index (χ0v) is 27.1. The first kappa shape index (κ1) is 32.9. The van der Waals surface area contributed by atoms with Crippen LogP contribution < -0.4 is 16.0 Å². The van der Waals surface area contributed by atoms with E-state index in [-0.39, 0.29) is 11.6 Å². The lowest BCUT2D eigenvalue weighted by molar-refractivity contribution is -0.116. The molecule has 0 heterocycles. The molecule has 0 aliphatic heterocycles. The number of thioether (sulfide) groups is 1. The normalized spacial score (nSPS) is 11.8. The second-order valence-electron chi connectivity index (χ2n) is 9.91. The number of halogens is 3. The molecule has 0 spiro atoms. The molecule has 230 valence electrons. The van der Waals surface area contributed by atoms with Gasteiger partial charge in [0.25, 0.3) is 11.8 Å². The maximum Gasteiger partial charge on any atom is 0.272 e. The van der Waals surface area contributed by atoms with Crippen molar-refractivity contribution in [3.8, 4) is 0 Å². The lowest BCUT2D eigenvalue weighted by Gasteiger charge is -2.18. The highest BCUT2D eigenvalue weighted by Gasteiger charge is 2.23. The smallest absolute Gasteiger partial charge is 0.272 e. The van der Waals surface area contributed by atoms with Gasteiger partial charge in [0, 0.05) is 26.9 Å². The molecule has 0 fully saturated rings. The summed E-state index contributed by atoms with van der Waals surface area (Å²) < 4.78 is 0. The SMILES string of the molecule is O=C(Nc1cccc(SC(C(=O)Nc2ccc(Cl)c(Cl)c2)c2ccccc2)c1)/C(=C\c1ccccc1Cl)NC(=O)c1ccccc1. The number of hydrogen-bond acceptors (Lipinski definition) is 4. The first-order valence-electron chi connectivity index (χ1n) is 14.0. The van der Waals surface area contributed by atoms with Gasteiger partial charge in [-0.1, -0.05) is 108 Å². The summed E-state index contributed by atoms with van der Waals surface area (Å²) in [6, 6.07) is 36.9. The first-order chi connectivity index (χ1) is 22.3. The van der Waals surface area contributed by atoms with E-state index in [1.807, 2.05) is 36.4 Å². The fourth-order valence-electron chi connectivity index (χ4n) is 4.35. The van der Waals surface area contributed by atoms with Crippen LogP contribution in [0.4, 0.5) is 11.4 Å². The van der Waals surface area contributed by atoms with Crippen molar-refractivity contribution in [2.24, 2.45) is 0 Å². The van der Waals surface area contributed by atoms with Gasteiger partial charge in [-0.2, -0.15) is 0 Å². The van der Waals surface area contributed by atoms with Crippen molar-refractivity contribution < 1.29 is 14.4 Å². The fourth-order valence-corrected chi connectivity index (χ4v) is 5.93. The van der Waals surface area contributed by atoms with Gasteiger partial charge in [-0.25, -0.2) is 0 Å². The molecule has 0 aliphatic carbocycles. The minimum absolute atomic E-state index is 0.00294. The summed E-state index contributed by atoms with van der Waals surface area (Å²) in [6.45, 7) is 0. The van der Waals surface area contributed by atoms with Gasteiger partial charge in [-0.3, -0.25) is 14.4 Å². The second-order valence-corrected chi connectivity index (χ2v) is 12.3. The van der Waals surface area contributed by atoms with Crippen molar-refractivity contribution >= 4 is 81.7 Å².